The predicted octanol–water partition coefficient (Wildman–Crippen LogP) is 4.24. The number of carbonyl (C=O) groups excluding carboxylic acids is 2. The molecule has 1 aromatic carbocycles. The molecule has 0 spiro atoms. The van der Waals surface area contributed by atoms with E-state index in [4.69, 9.17) is 5.10 Å². The lowest BCUT2D eigenvalue weighted by Crippen LogP contribution is -2.39. The van der Waals surface area contributed by atoms with E-state index in [1.165, 1.54) is 70.0 Å². The molecule has 1 unspecified atom stereocenters. The Morgan fingerprint density at radius 3 is 2.75 bits per heavy atom. The molecule has 3 fully saturated rings. The summed E-state index contributed by atoms with van der Waals surface area (Å²) < 4.78 is 1.90. The highest BCUT2D eigenvalue weighted by Gasteiger charge is 2.32. The molecule has 6 nitrogen and oxygen atoms in total. The molecule has 2 aliphatic heterocycles. The van der Waals surface area contributed by atoms with E-state index in [0.717, 1.165) is 29.1 Å². The van der Waals surface area contributed by atoms with Crippen molar-refractivity contribution in [2.75, 3.05) is 19.6 Å². The van der Waals surface area contributed by atoms with Crippen LogP contribution in [0.1, 0.15) is 87.3 Å². The van der Waals surface area contributed by atoms with Crippen molar-refractivity contribution in [1.29, 1.82) is 0 Å². The highest BCUT2D eigenvalue weighted by molar-refractivity contribution is 6.02. The number of hydrogen-bond donors (Lipinski definition) is 1. The molecule has 3 heterocycles. The summed E-state index contributed by atoms with van der Waals surface area (Å²) in [5.41, 5.74) is 3.26. The lowest BCUT2D eigenvalue weighted by atomic mass is 9.86. The minimum absolute atomic E-state index is 0.182. The van der Waals surface area contributed by atoms with Crippen LogP contribution in [0.2, 0.25) is 0 Å². The van der Waals surface area contributed by atoms with E-state index >= 15 is 0 Å². The smallest absolute Gasteiger partial charge is 0.235 e. The van der Waals surface area contributed by atoms with E-state index in [-0.39, 0.29) is 17.7 Å². The second-order valence-corrected chi connectivity index (χ2v) is 10.2. The Morgan fingerprint density at radius 1 is 1.09 bits per heavy atom. The van der Waals surface area contributed by atoms with Crippen molar-refractivity contribution in [2.45, 2.75) is 76.0 Å². The van der Waals surface area contributed by atoms with Gasteiger partial charge >= 0.3 is 0 Å². The molecule has 2 amide bonds. The number of nitrogens with one attached hydrogen (secondary N) is 1. The SMILES string of the molecule is Cn1nc(C2CCC(=O)NC2=O)c2ccc([C@@H]3CCN(CCCC4CCCCC4)C3)cc21. The normalized spacial score (nSPS) is 25.5. The van der Waals surface area contributed by atoms with Gasteiger partial charge in [0, 0.05) is 25.4 Å². The first-order valence-corrected chi connectivity index (χ1v) is 12.6. The number of benzene rings is 1. The van der Waals surface area contributed by atoms with Gasteiger partial charge in [-0.25, -0.2) is 0 Å². The molecule has 3 aliphatic rings. The molecule has 6 heteroatoms. The molecule has 2 saturated heterocycles. The number of nitrogens with zero attached hydrogens (tertiary/aromatic N) is 3. The number of imide groups is 1. The highest BCUT2D eigenvalue weighted by Crippen LogP contribution is 2.34. The molecule has 0 bridgehead atoms. The molecular weight excluding hydrogens is 400 g/mol. The molecule has 1 N–H and O–H groups in total. The minimum Gasteiger partial charge on any atom is -0.303 e. The van der Waals surface area contributed by atoms with Crippen LogP contribution in [0.3, 0.4) is 0 Å². The monoisotopic (exact) mass is 436 g/mol. The van der Waals surface area contributed by atoms with Gasteiger partial charge in [0.1, 0.15) is 0 Å². The summed E-state index contributed by atoms with van der Waals surface area (Å²) in [7, 11) is 1.95. The lowest BCUT2D eigenvalue weighted by Gasteiger charge is -2.23. The highest BCUT2D eigenvalue weighted by atomic mass is 16.2. The van der Waals surface area contributed by atoms with Crippen molar-refractivity contribution in [3.05, 3.63) is 29.5 Å². The first kappa shape index (κ1) is 21.6. The number of aryl methyl sites for hydroxylation is 1. The molecule has 5 rings (SSSR count). The molecule has 1 saturated carbocycles. The summed E-state index contributed by atoms with van der Waals surface area (Å²) in [5, 5.41) is 8.19. The molecule has 1 aliphatic carbocycles. The summed E-state index contributed by atoms with van der Waals surface area (Å²) in [5.74, 6) is 0.813. The zero-order chi connectivity index (χ0) is 22.1. The number of piperidine rings is 1. The van der Waals surface area contributed by atoms with E-state index in [1.807, 2.05) is 11.7 Å². The largest absolute Gasteiger partial charge is 0.303 e. The quantitative estimate of drug-likeness (QED) is 0.688. The molecule has 32 heavy (non-hydrogen) atoms. The topological polar surface area (TPSA) is 67.2 Å². The number of hydrogen-bond acceptors (Lipinski definition) is 4. The molecule has 2 aromatic rings. The fraction of sp³-hybridized carbons (Fsp3) is 0.654. The van der Waals surface area contributed by atoms with Crippen LogP contribution in [0.5, 0.6) is 0 Å². The van der Waals surface area contributed by atoms with Gasteiger partial charge in [0.05, 0.1) is 17.1 Å². The Bertz CT molecular complexity index is 991. The Hall–Kier alpha value is -2.21. The van der Waals surface area contributed by atoms with Gasteiger partial charge in [-0.05, 0) is 62.2 Å². The lowest BCUT2D eigenvalue weighted by molar-refractivity contribution is -0.134. The van der Waals surface area contributed by atoms with Crippen LogP contribution in [-0.2, 0) is 16.6 Å². The predicted molar refractivity (Wildman–Crippen MR) is 125 cm³/mol. The molecule has 1 aromatic heterocycles. The fourth-order valence-electron chi connectivity index (χ4n) is 6.16. The van der Waals surface area contributed by atoms with Crippen molar-refractivity contribution in [3.63, 3.8) is 0 Å². The van der Waals surface area contributed by atoms with E-state index in [2.05, 4.69) is 28.4 Å². The summed E-state index contributed by atoms with van der Waals surface area (Å²) in [6, 6.07) is 6.64. The summed E-state index contributed by atoms with van der Waals surface area (Å²) in [6.07, 6.45) is 12.1. The van der Waals surface area contributed by atoms with Crippen LogP contribution < -0.4 is 5.32 Å². The third-order valence-electron chi connectivity index (χ3n) is 8.03. The van der Waals surface area contributed by atoms with E-state index < -0.39 is 0 Å². The first-order chi connectivity index (χ1) is 15.6. The summed E-state index contributed by atoms with van der Waals surface area (Å²) in [6.45, 7) is 3.58. The van der Waals surface area contributed by atoms with Gasteiger partial charge in [0.15, 0.2) is 0 Å². The maximum absolute atomic E-state index is 12.4. The van der Waals surface area contributed by atoms with Gasteiger partial charge in [0.25, 0.3) is 0 Å². The molecule has 0 radical (unpaired) electrons. The van der Waals surface area contributed by atoms with Crippen LogP contribution >= 0.6 is 0 Å². The second-order valence-electron chi connectivity index (χ2n) is 10.2. The number of likely N-dealkylation sites (tertiary alicyclic amines) is 1. The van der Waals surface area contributed by atoms with Crippen LogP contribution in [0, 0.1) is 5.92 Å². The molecular formula is C26H36N4O2. The number of rotatable bonds is 6. The van der Waals surface area contributed by atoms with Gasteiger partial charge in [-0.1, -0.05) is 44.2 Å². The summed E-state index contributed by atoms with van der Waals surface area (Å²) in [4.78, 5) is 26.5. The zero-order valence-electron chi connectivity index (χ0n) is 19.3. The average Bonchev–Trinajstić information content (AvgIpc) is 3.39. The molecule has 172 valence electrons. The van der Waals surface area contributed by atoms with Crippen molar-refractivity contribution in [2.24, 2.45) is 13.0 Å². The average molecular weight is 437 g/mol. The van der Waals surface area contributed by atoms with E-state index in [1.54, 1.807) is 0 Å². The van der Waals surface area contributed by atoms with E-state index in [0.29, 0.717) is 18.8 Å². The Balaban J connectivity index is 1.23. The van der Waals surface area contributed by atoms with Crippen molar-refractivity contribution in [3.8, 4) is 0 Å². The van der Waals surface area contributed by atoms with Crippen molar-refractivity contribution in [1.82, 2.24) is 20.0 Å². The Kier molecular flexibility index (Phi) is 6.31. The van der Waals surface area contributed by atoms with Crippen molar-refractivity contribution >= 4 is 22.7 Å². The second kappa shape index (κ2) is 9.34. The third kappa shape index (κ3) is 4.47. The maximum Gasteiger partial charge on any atom is 0.235 e. The number of aromatic nitrogens is 2. The van der Waals surface area contributed by atoms with Gasteiger partial charge < -0.3 is 4.90 Å². The summed E-state index contributed by atoms with van der Waals surface area (Å²) >= 11 is 0. The van der Waals surface area contributed by atoms with Crippen LogP contribution in [0.15, 0.2) is 18.2 Å². The van der Waals surface area contributed by atoms with E-state index in [9.17, 15) is 9.59 Å². The zero-order valence-corrected chi connectivity index (χ0v) is 19.3. The maximum atomic E-state index is 12.4. The minimum atomic E-state index is -0.339. The van der Waals surface area contributed by atoms with Crippen LogP contribution in [0.25, 0.3) is 10.9 Å². The van der Waals surface area contributed by atoms with Crippen LogP contribution in [0.4, 0.5) is 0 Å². The number of amides is 2. The third-order valence-corrected chi connectivity index (χ3v) is 8.03. The van der Waals surface area contributed by atoms with Gasteiger partial charge in [-0.2, -0.15) is 5.10 Å². The van der Waals surface area contributed by atoms with Gasteiger partial charge in [0.2, 0.25) is 11.8 Å². The Morgan fingerprint density at radius 2 is 1.94 bits per heavy atom. The number of carbonyl (C=O) groups is 2. The standard InChI is InChI=1S/C26H36N4O2/c1-29-23-16-19(9-10-21(23)25(28-29)22-11-12-24(31)27-26(22)32)20-13-15-30(17-20)14-5-8-18-6-3-2-4-7-18/h9-10,16,18,20,22H,2-8,11-15,17H2,1H3,(H,27,31,32)/t20-,22?/m1/s1. The van der Waals surface area contributed by atoms with Gasteiger partial charge in [-0.3, -0.25) is 19.6 Å². The fourth-order valence-corrected chi connectivity index (χ4v) is 6.16. The van der Waals surface area contributed by atoms with Crippen LogP contribution in [-0.4, -0.2) is 46.1 Å². The van der Waals surface area contributed by atoms with Gasteiger partial charge in [-0.15, -0.1) is 0 Å². The Labute approximate surface area is 190 Å². The number of fused-ring (bicyclic) bond motifs is 1. The molecule has 2 atom stereocenters. The first-order valence-electron chi connectivity index (χ1n) is 12.6. The van der Waals surface area contributed by atoms with Crippen molar-refractivity contribution < 1.29 is 9.59 Å².